The van der Waals surface area contributed by atoms with Crippen LogP contribution < -0.4 is 74.0 Å². The Hall–Kier alpha value is 1.19. The molecule has 34 valence electrons. The third-order valence-electron chi connectivity index (χ3n) is 0.287. The van der Waals surface area contributed by atoms with Crippen LogP contribution in [0.3, 0.4) is 0 Å². The first-order valence-corrected chi connectivity index (χ1v) is 1.36. The molecule has 0 aromatic rings. The molecule has 0 bridgehead atoms. The summed E-state index contributed by atoms with van der Waals surface area (Å²) in [6.07, 6.45) is 0. The fourth-order valence-corrected chi connectivity index (χ4v) is 0. The summed E-state index contributed by atoms with van der Waals surface area (Å²) < 4.78 is 0. The van der Waals surface area contributed by atoms with Gasteiger partial charge < -0.3 is 9.90 Å². The Kier molecular flexibility index (Phi) is 8.42. The minimum Gasteiger partial charge on any atom is -0.542 e. The zero-order chi connectivity index (χ0) is 5.15. The number of Topliss-reactive ketones (excluding diaryl/α,β-unsaturated/α-hetero) is 1. The van der Waals surface area contributed by atoms with E-state index in [-0.39, 0.29) is 68.9 Å². The van der Waals surface area contributed by atoms with Gasteiger partial charge in [-0.2, -0.15) is 0 Å². The van der Waals surface area contributed by atoms with Gasteiger partial charge in [0.2, 0.25) is 0 Å². The van der Waals surface area contributed by atoms with Crippen molar-refractivity contribution < 1.29 is 83.6 Å². The van der Waals surface area contributed by atoms with Crippen molar-refractivity contribution >= 4 is 11.8 Å². The SMILES string of the molecule is CC(=O)C(=O)[O-].[Cs+]. The monoisotopic (exact) mass is 220 g/mol. The molecule has 0 aromatic heterocycles. The number of carboxylic acids is 1. The summed E-state index contributed by atoms with van der Waals surface area (Å²) >= 11 is 0. The summed E-state index contributed by atoms with van der Waals surface area (Å²) in [5, 5.41) is 9.24. The number of carboxylic acid groups (broad SMARTS) is 1. The van der Waals surface area contributed by atoms with Crippen LogP contribution in [0, 0.1) is 0 Å². The van der Waals surface area contributed by atoms with E-state index >= 15 is 0 Å². The van der Waals surface area contributed by atoms with E-state index in [1.54, 1.807) is 0 Å². The summed E-state index contributed by atoms with van der Waals surface area (Å²) in [6, 6.07) is 0. The number of carbonyl (C=O) groups excluding carboxylic acids is 2. The largest absolute Gasteiger partial charge is 1.00 e. The molecule has 3 nitrogen and oxygen atoms in total. The van der Waals surface area contributed by atoms with Gasteiger partial charge in [-0.15, -0.1) is 0 Å². The molecule has 0 amide bonds. The van der Waals surface area contributed by atoms with Crippen LogP contribution in [0.1, 0.15) is 6.92 Å². The van der Waals surface area contributed by atoms with E-state index in [4.69, 9.17) is 0 Å². The molecule has 0 aliphatic carbocycles. The van der Waals surface area contributed by atoms with Crippen molar-refractivity contribution in [3.8, 4) is 0 Å². The predicted molar refractivity (Wildman–Crippen MR) is 15.7 cm³/mol. The number of hydrogen-bond acceptors (Lipinski definition) is 3. The van der Waals surface area contributed by atoms with Crippen LogP contribution in [-0.2, 0) is 9.59 Å². The third-order valence-corrected chi connectivity index (χ3v) is 0.287. The average molecular weight is 220 g/mol. The summed E-state index contributed by atoms with van der Waals surface area (Å²) in [7, 11) is 0. The van der Waals surface area contributed by atoms with Gasteiger partial charge in [-0.3, -0.25) is 4.79 Å². The van der Waals surface area contributed by atoms with Crippen LogP contribution in [0.4, 0.5) is 0 Å². The average Bonchev–Trinajstić information content (AvgIpc) is 1.36. The normalized spacial score (nSPS) is 6.43. The topological polar surface area (TPSA) is 57.2 Å². The van der Waals surface area contributed by atoms with Crippen LogP contribution >= 0.6 is 0 Å². The zero-order valence-electron chi connectivity index (χ0n) is 4.22. The smallest absolute Gasteiger partial charge is 0.542 e. The molecule has 0 rings (SSSR count). The van der Waals surface area contributed by atoms with Crippen molar-refractivity contribution in [2.45, 2.75) is 6.92 Å². The molecule has 0 aliphatic rings. The van der Waals surface area contributed by atoms with E-state index in [1.165, 1.54) is 0 Å². The van der Waals surface area contributed by atoms with Gasteiger partial charge in [-0.1, -0.05) is 0 Å². The standard InChI is InChI=1S/C3H4O3.Cs/c1-2(4)3(5)6;/h1H3,(H,5,6);/q;+1/p-1. The maximum absolute atomic E-state index is 9.48. The molecule has 0 spiro atoms. The maximum Gasteiger partial charge on any atom is 1.00 e. The molecule has 0 fully saturated rings. The minimum absolute atomic E-state index is 0. The Balaban J connectivity index is 0. The molecule has 0 saturated heterocycles. The Morgan fingerprint density at radius 3 is 1.57 bits per heavy atom. The Morgan fingerprint density at radius 1 is 1.43 bits per heavy atom. The molecule has 0 saturated carbocycles. The van der Waals surface area contributed by atoms with Crippen molar-refractivity contribution in [2.75, 3.05) is 0 Å². The van der Waals surface area contributed by atoms with Crippen LogP contribution in [-0.4, -0.2) is 11.8 Å². The summed E-state index contributed by atoms with van der Waals surface area (Å²) in [6.45, 7) is 0.940. The van der Waals surface area contributed by atoms with Crippen molar-refractivity contribution in [2.24, 2.45) is 0 Å². The number of aliphatic carboxylic acids is 1. The molecule has 0 radical (unpaired) electrons. The van der Waals surface area contributed by atoms with Gasteiger partial charge in [-0.05, 0) is 0 Å². The fourth-order valence-electron chi connectivity index (χ4n) is 0. The first-order valence-electron chi connectivity index (χ1n) is 1.36. The number of hydrogen-bond donors (Lipinski definition) is 0. The molecule has 4 heteroatoms. The maximum atomic E-state index is 9.48. The van der Waals surface area contributed by atoms with Crippen molar-refractivity contribution in [1.82, 2.24) is 0 Å². The van der Waals surface area contributed by atoms with E-state index in [1.807, 2.05) is 0 Å². The van der Waals surface area contributed by atoms with Gasteiger partial charge in [0.15, 0.2) is 5.78 Å². The van der Waals surface area contributed by atoms with Gasteiger partial charge >= 0.3 is 68.9 Å². The van der Waals surface area contributed by atoms with E-state index in [0.29, 0.717) is 0 Å². The zero-order valence-corrected chi connectivity index (χ0v) is 10.5. The van der Waals surface area contributed by atoms with Crippen LogP contribution in [0.2, 0.25) is 0 Å². The Morgan fingerprint density at radius 2 is 1.57 bits per heavy atom. The number of carbonyl (C=O) groups is 2. The summed E-state index contributed by atoms with van der Waals surface area (Å²) in [5.74, 6) is -2.56. The third kappa shape index (κ3) is 7.19. The van der Waals surface area contributed by atoms with Crippen molar-refractivity contribution in [3.05, 3.63) is 0 Å². The molecule has 0 aromatic carbocycles. The van der Waals surface area contributed by atoms with E-state index in [2.05, 4.69) is 0 Å². The molecular weight excluding hydrogens is 217 g/mol. The van der Waals surface area contributed by atoms with E-state index in [9.17, 15) is 14.7 Å². The van der Waals surface area contributed by atoms with E-state index < -0.39 is 11.8 Å². The van der Waals surface area contributed by atoms with Crippen LogP contribution in [0.25, 0.3) is 0 Å². The van der Waals surface area contributed by atoms with Gasteiger partial charge in [0.1, 0.15) is 5.97 Å². The Labute approximate surface area is 99.9 Å². The van der Waals surface area contributed by atoms with Gasteiger partial charge in [-0.25, -0.2) is 0 Å². The second kappa shape index (κ2) is 5.33. The molecule has 0 aliphatic heterocycles. The first kappa shape index (κ1) is 11.1. The summed E-state index contributed by atoms with van der Waals surface area (Å²) in [5.41, 5.74) is 0. The molecule has 7 heavy (non-hydrogen) atoms. The van der Waals surface area contributed by atoms with Crippen molar-refractivity contribution in [1.29, 1.82) is 0 Å². The fraction of sp³-hybridized carbons (Fsp3) is 0.333. The van der Waals surface area contributed by atoms with Gasteiger partial charge in [0.25, 0.3) is 0 Å². The predicted octanol–water partition coefficient (Wildman–Crippen LogP) is -4.67. The molecule has 0 unspecified atom stereocenters. The second-order valence-electron chi connectivity index (χ2n) is 0.844. The summed E-state index contributed by atoms with van der Waals surface area (Å²) in [4.78, 5) is 18.7. The Bertz CT molecular complexity index is 76.2. The second-order valence-corrected chi connectivity index (χ2v) is 0.844. The number of ketones is 1. The molecular formula is C3H3CsO3. The van der Waals surface area contributed by atoms with E-state index in [0.717, 1.165) is 6.92 Å². The van der Waals surface area contributed by atoms with Gasteiger partial charge in [0.05, 0.1) is 0 Å². The van der Waals surface area contributed by atoms with Crippen LogP contribution in [0.5, 0.6) is 0 Å². The van der Waals surface area contributed by atoms with Gasteiger partial charge in [0, 0.05) is 6.92 Å². The molecule has 0 atom stereocenters. The van der Waals surface area contributed by atoms with Crippen LogP contribution in [0.15, 0.2) is 0 Å². The minimum atomic E-state index is -1.63. The quantitative estimate of drug-likeness (QED) is 0.417. The first-order chi connectivity index (χ1) is 2.64. The molecule has 0 heterocycles. The molecule has 0 N–H and O–H groups in total. The number of rotatable bonds is 1. The van der Waals surface area contributed by atoms with Crippen molar-refractivity contribution in [3.63, 3.8) is 0 Å².